The van der Waals surface area contributed by atoms with Crippen molar-refractivity contribution in [3.05, 3.63) is 260 Å². The Morgan fingerprint density at radius 2 is 0.938 bits per heavy atom. The van der Waals surface area contributed by atoms with E-state index in [2.05, 4.69) is 214 Å². The summed E-state index contributed by atoms with van der Waals surface area (Å²) < 4.78 is 15.8. The molecule has 0 N–H and O–H groups in total. The van der Waals surface area contributed by atoms with Gasteiger partial charge in [0.1, 0.15) is 17.2 Å². The number of thiophene rings is 2. The minimum atomic E-state index is 0.393. The Kier molecular flexibility index (Phi) is 9.82. The van der Waals surface area contributed by atoms with Gasteiger partial charge < -0.3 is 13.6 Å². The second-order valence-corrected chi connectivity index (χ2v) is 22.9. The van der Waals surface area contributed by atoms with E-state index in [4.69, 9.17) is 4.42 Å². The number of benzene rings is 12. The van der Waals surface area contributed by atoms with Crippen molar-refractivity contribution in [2.24, 2.45) is 0 Å². The number of nitrogens with zero attached hydrogens (tertiary/aromatic N) is 4. The molecule has 5 aromatic heterocycles. The fourth-order valence-corrected chi connectivity index (χ4v) is 15.6. The van der Waals surface area contributed by atoms with Crippen LogP contribution in [0.4, 0.5) is 5.69 Å². The molecule has 5 nitrogen and oxygen atoms in total. The lowest BCUT2D eigenvalue weighted by molar-refractivity contribution is 0.669. The number of nitriles is 1. The van der Waals surface area contributed by atoms with Gasteiger partial charge in [0.2, 0.25) is 5.69 Å². The highest BCUT2D eigenvalue weighted by molar-refractivity contribution is 7.27. The van der Waals surface area contributed by atoms with Crippen molar-refractivity contribution in [2.45, 2.75) is 0 Å². The predicted octanol–water partition coefficient (Wildman–Crippen LogP) is 21.6. The van der Waals surface area contributed by atoms with Gasteiger partial charge in [0, 0.05) is 74.4 Å². The van der Waals surface area contributed by atoms with Crippen LogP contribution in [0.3, 0.4) is 0 Å². The van der Waals surface area contributed by atoms with E-state index in [-0.39, 0.29) is 0 Å². The third-order valence-electron chi connectivity index (χ3n) is 16.6. The predicted molar refractivity (Wildman–Crippen MR) is 341 cm³/mol. The number of aromatic nitrogens is 2. The molecule has 374 valence electrons. The minimum absolute atomic E-state index is 0.393. The third-order valence-corrected chi connectivity index (χ3v) is 19.0. The number of furan rings is 1. The van der Waals surface area contributed by atoms with Gasteiger partial charge in [0.15, 0.2) is 0 Å². The van der Waals surface area contributed by atoms with Crippen molar-refractivity contribution in [1.29, 1.82) is 5.26 Å². The Balaban J connectivity index is 1.13. The van der Waals surface area contributed by atoms with Gasteiger partial charge >= 0.3 is 0 Å². The number of para-hydroxylation sites is 2. The van der Waals surface area contributed by atoms with Crippen LogP contribution < -0.4 is 0 Å². The molecule has 0 aliphatic heterocycles. The fraction of sp³-hybridized carbons (Fsp3) is 0. The van der Waals surface area contributed by atoms with Crippen LogP contribution in [0.5, 0.6) is 0 Å². The summed E-state index contributed by atoms with van der Waals surface area (Å²) in [6.45, 7) is 9.59. The summed E-state index contributed by atoms with van der Waals surface area (Å²) in [5.41, 5.74) is 15.2. The van der Waals surface area contributed by atoms with E-state index in [1.54, 1.807) is 22.7 Å². The second-order valence-electron chi connectivity index (χ2n) is 20.8. The van der Waals surface area contributed by atoms with Crippen molar-refractivity contribution in [3.63, 3.8) is 0 Å². The van der Waals surface area contributed by atoms with Crippen LogP contribution in [-0.2, 0) is 0 Å². The van der Waals surface area contributed by atoms with Gasteiger partial charge in [-0.25, -0.2) is 4.85 Å². The van der Waals surface area contributed by atoms with E-state index in [0.29, 0.717) is 22.5 Å². The molecular formula is C74H40N4OS2. The van der Waals surface area contributed by atoms with Crippen LogP contribution in [0.15, 0.2) is 247 Å². The van der Waals surface area contributed by atoms with Gasteiger partial charge in [0.25, 0.3) is 0 Å². The second kappa shape index (κ2) is 17.5. The van der Waals surface area contributed by atoms with Crippen molar-refractivity contribution in [3.8, 4) is 62.0 Å². The lowest BCUT2D eigenvalue weighted by Crippen LogP contribution is -2.09. The largest absolute Gasteiger partial charge is 0.456 e. The van der Waals surface area contributed by atoms with Crippen molar-refractivity contribution in [2.75, 3.05) is 0 Å². The lowest BCUT2D eigenvalue weighted by atomic mass is 9.88. The van der Waals surface area contributed by atoms with Crippen molar-refractivity contribution < 1.29 is 4.42 Å². The zero-order valence-corrected chi connectivity index (χ0v) is 44.7. The standard InChI is InChI=1S/C74H40N4OS2/c1-76-68-65(44-21-7-3-8-22-44)58(42-75)69(78-70-54(37-36-53-51-27-13-17-31-63(51)80-73(53)70)67-55(43-19-5-2-6-20-43)41-57-52-28-14-18-32-64(52)81-74(57)72(67)78)66(45-23-9-4-10-24-45)71(68)77-59-29-15-11-25-48(59)49-35-33-47(40-60(49)77)46-34-38-62-56(39-46)50-26-12-16-30-61(50)79-62/h2-41H. The average Bonchev–Trinajstić information content (AvgIpc) is 4.54. The maximum absolute atomic E-state index is 12.5. The number of hydrogen-bond donors (Lipinski definition) is 0. The summed E-state index contributed by atoms with van der Waals surface area (Å²) in [7, 11) is 0. The summed E-state index contributed by atoms with van der Waals surface area (Å²) >= 11 is 3.60. The molecule has 0 amide bonds. The lowest BCUT2D eigenvalue weighted by Gasteiger charge is -2.26. The summed E-state index contributed by atoms with van der Waals surface area (Å²) in [6.07, 6.45) is 0. The maximum atomic E-state index is 12.5. The summed E-state index contributed by atoms with van der Waals surface area (Å²) in [4.78, 5) is 4.67. The van der Waals surface area contributed by atoms with Crippen molar-refractivity contribution >= 4 is 134 Å². The fourth-order valence-electron chi connectivity index (χ4n) is 13.1. The maximum Gasteiger partial charge on any atom is 0.220 e. The zero-order chi connectivity index (χ0) is 53.4. The Bertz CT molecular complexity index is 5610. The molecule has 0 fully saturated rings. The van der Waals surface area contributed by atoms with Crippen LogP contribution in [0, 0.1) is 17.9 Å². The Labute approximate surface area is 471 Å². The zero-order valence-electron chi connectivity index (χ0n) is 43.1. The van der Waals surface area contributed by atoms with Crippen LogP contribution in [0.1, 0.15) is 5.56 Å². The van der Waals surface area contributed by atoms with Crippen LogP contribution >= 0.6 is 22.7 Å². The Morgan fingerprint density at radius 1 is 0.395 bits per heavy atom. The molecule has 17 aromatic rings. The molecule has 0 aliphatic rings. The average molecular weight is 1070 g/mol. The molecule has 81 heavy (non-hydrogen) atoms. The highest BCUT2D eigenvalue weighted by Gasteiger charge is 2.34. The van der Waals surface area contributed by atoms with E-state index in [9.17, 15) is 11.8 Å². The number of hydrogen-bond acceptors (Lipinski definition) is 4. The first-order valence-electron chi connectivity index (χ1n) is 27.0. The topological polar surface area (TPSA) is 51.1 Å². The Morgan fingerprint density at radius 3 is 1.65 bits per heavy atom. The molecule has 0 saturated carbocycles. The summed E-state index contributed by atoms with van der Waals surface area (Å²) in [6, 6.07) is 88.6. The third kappa shape index (κ3) is 6.50. The first kappa shape index (κ1) is 45.5. The molecule has 0 aliphatic carbocycles. The van der Waals surface area contributed by atoms with Gasteiger partial charge in [-0.15, -0.1) is 22.7 Å². The highest BCUT2D eigenvalue weighted by Crippen LogP contribution is 2.56. The molecule has 17 rings (SSSR count). The highest BCUT2D eigenvalue weighted by atomic mass is 32.1. The quantitative estimate of drug-likeness (QED) is 0.156. The van der Waals surface area contributed by atoms with Crippen molar-refractivity contribution in [1.82, 2.24) is 9.13 Å². The SMILES string of the molecule is [C-]#[N+]c1c(-c2ccccc2)c(C#N)c(-n2c3c(ccc4c5ccccc5sc43)c3c(-c4ccccc4)cc4c5ccccc5sc4c32)c(-c2ccccc2)c1-n1c2ccccc2c2ccc(-c3ccc4oc5ccccc5c4c3)cc21. The molecule has 5 heterocycles. The normalized spacial score (nSPS) is 11.9. The van der Waals surface area contributed by atoms with Gasteiger partial charge in [-0.1, -0.05) is 194 Å². The minimum Gasteiger partial charge on any atom is -0.456 e. The molecule has 0 radical (unpaired) electrons. The smallest absolute Gasteiger partial charge is 0.220 e. The molecule has 7 heteroatoms. The van der Waals surface area contributed by atoms with Gasteiger partial charge in [-0.05, 0) is 81.9 Å². The molecule has 0 spiro atoms. The van der Waals surface area contributed by atoms with E-state index in [1.165, 1.54) is 20.2 Å². The van der Waals surface area contributed by atoms with Crippen LogP contribution in [0.2, 0.25) is 0 Å². The molecular weight excluding hydrogens is 1020 g/mol. The van der Waals surface area contributed by atoms with Crippen LogP contribution in [-0.4, -0.2) is 9.13 Å². The first-order chi connectivity index (χ1) is 40.1. The Hall–Kier alpha value is -10.5. The van der Waals surface area contributed by atoms with Gasteiger partial charge in [-0.3, -0.25) is 0 Å². The molecule has 0 atom stereocenters. The number of fused-ring (bicyclic) bond motifs is 17. The summed E-state index contributed by atoms with van der Waals surface area (Å²) in [5.74, 6) is 0. The van der Waals surface area contributed by atoms with E-state index in [1.807, 2.05) is 48.5 Å². The van der Waals surface area contributed by atoms with Gasteiger partial charge in [-0.2, -0.15) is 5.26 Å². The van der Waals surface area contributed by atoms with E-state index < -0.39 is 0 Å². The summed E-state index contributed by atoms with van der Waals surface area (Å²) in [5, 5.41) is 23.6. The van der Waals surface area contributed by atoms with E-state index >= 15 is 0 Å². The monoisotopic (exact) mass is 1060 g/mol. The molecule has 0 saturated heterocycles. The number of rotatable bonds is 6. The molecule has 0 unspecified atom stereocenters. The molecule has 0 bridgehead atoms. The molecule has 12 aromatic carbocycles. The van der Waals surface area contributed by atoms with Crippen LogP contribution in [0.25, 0.3) is 167 Å². The van der Waals surface area contributed by atoms with E-state index in [0.717, 1.165) is 130 Å². The first-order valence-corrected chi connectivity index (χ1v) is 28.6. The van der Waals surface area contributed by atoms with Gasteiger partial charge in [0.05, 0.1) is 55.0 Å².